The van der Waals surface area contributed by atoms with Crippen molar-refractivity contribution in [1.82, 2.24) is 9.88 Å². The van der Waals surface area contributed by atoms with E-state index in [9.17, 15) is 9.59 Å². The van der Waals surface area contributed by atoms with Gasteiger partial charge in [-0.05, 0) is 13.8 Å². The van der Waals surface area contributed by atoms with Gasteiger partial charge in [-0.3, -0.25) is 4.79 Å². The van der Waals surface area contributed by atoms with Crippen molar-refractivity contribution >= 4 is 46.6 Å². The molecule has 0 N–H and O–H groups in total. The molecule has 0 fully saturated rings. The van der Waals surface area contributed by atoms with Crippen LogP contribution in [-0.2, 0) is 9.53 Å². The summed E-state index contributed by atoms with van der Waals surface area (Å²) in [5.74, 6) is -0.183. The summed E-state index contributed by atoms with van der Waals surface area (Å²) in [6, 6.07) is 0. The summed E-state index contributed by atoms with van der Waals surface area (Å²) in [4.78, 5) is 29.2. The van der Waals surface area contributed by atoms with Crippen molar-refractivity contribution in [3.63, 3.8) is 0 Å². The first kappa shape index (κ1) is 16.3. The molecule has 0 atom stereocenters. The Morgan fingerprint density at radius 3 is 2.58 bits per heavy atom. The molecular weight excluding hydrogens is 308 g/mol. The standard InChI is InChI=1S/C11H15ClN2O3S2/c1-4-14(5-2)7(15)6-18-11-13-9(12)8(19-11)10(16)17-3/h4-6H2,1-3H3. The van der Waals surface area contributed by atoms with Crippen LogP contribution in [0, 0.1) is 0 Å². The highest BCUT2D eigenvalue weighted by Gasteiger charge is 2.18. The Hall–Kier alpha value is -0.790. The van der Waals surface area contributed by atoms with E-state index in [1.165, 1.54) is 18.9 Å². The third-order valence-corrected chi connectivity index (χ3v) is 4.92. The molecule has 0 saturated carbocycles. The van der Waals surface area contributed by atoms with Gasteiger partial charge in [-0.1, -0.05) is 34.7 Å². The summed E-state index contributed by atoms with van der Waals surface area (Å²) < 4.78 is 5.18. The van der Waals surface area contributed by atoms with Crippen LogP contribution in [-0.4, -0.2) is 47.7 Å². The van der Waals surface area contributed by atoms with Crippen LogP contribution in [0.25, 0.3) is 0 Å². The maximum absolute atomic E-state index is 11.8. The van der Waals surface area contributed by atoms with E-state index in [0.717, 1.165) is 11.3 Å². The molecule has 0 spiro atoms. The van der Waals surface area contributed by atoms with E-state index in [0.29, 0.717) is 17.4 Å². The van der Waals surface area contributed by atoms with E-state index in [-0.39, 0.29) is 21.7 Å². The highest BCUT2D eigenvalue weighted by atomic mass is 35.5. The van der Waals surface area contributed by atoms with Gasteiger partial charge in [-0.2, -0.15) is 0 Å². The summed E-state index contributed by atoms with van der Waals surface area (Å²) >= 11 is 8.25. The van der Waals surface area contributed by atoms with Gasteiger partial charge >= 0.3 is 5.97 Å². The summed E-state index contributed by atoms with van der Waals surface area (Å²) in [5, 5.41) is 0.120. The minimum atomic E-state index is -0.510. The van der Waals surface area contributed by atoms with Crippen LogP contribution < -0.4 is 0 Å². The Balaban J connectivity index is 2.64. The smallest absolute Gasteiger partial charge is 0.351 e. The second-order valence-corrected chi connectivity index (χ2v) is 6.03. The Kier molecular flexibility index (Phi) is 6.60. The number of amides is 1. The highest BCUT2D eigenvalue weighted by Crippen LogP contribution is 2.30. The van der Waals surface area contributed by atoms with Crippen molar-refractivity contribution in [3.05, 3.63) is 10.0 Å². The molecule has 0 radical (unpaired) electrons. The van der Waals surface area contributed by atoms with Crippen LogP contribution in [0.3, 0.4) is 0 Å². The number of hydrogen-bond acceptors (Lipinski definition) is 6. The zero-order valence-electron chi connectivity index (χ0n) is 10.9. The van der Waals surface area contributed by atoms with Crippen molar-refractivity contribution in [2.45, 2.75) is 18.2 Å². The van der Waals surface area contributed by atoms with Crippen LogP contribution in [0.15, 0.2) is 4.34 Å². The van der Waals surface area contributed by atoms with Crippen LogP contribution in [0.5, 0.6) is 0 Å². The molecule has 1 rings (SSSR count). The van der Waals surface area contributed by atoms with Crippen LogP contribution >= 0.6 is 34.7 Å². The second-order valence-electron chi connectivity index (χ2n) is 3.45. The molecule has 0 aliphatic carbocycles. The largest absolute Gasteiger partial charge is 0.465 e. The van der Waals surface area contributed by atoms with Crippen molar-refractivity contribution in [2.24, 2.45) is 0 Å². The maximum atomic E-state index is 11.8. The first-order chi connectivity index (χ1) is 9.03. The van der Waals surface area contributed by atoms with Crippen molar-refractivity contribution in [3.8, 4) is 0 Å². The number of esters is 1. The quantitative estimate of drug-likeness (QED) is 0.595. The first-order valence-electron chi connectivity index (χ1n) is 5.68. The summed E-state index contributed by atoms with van der Waals surface area (Å²) in [5.41, 5.74) is 0. The minimum absolute atomic E-state index is 0.0425. The molecule has 19 heavy (non-hydrogen) atoms. The normalized spacial score (nSPS) is 10.3. The Labute approximate surface area is 125 Å². The molecule has 0 saturated heterocycles. The number of thiazole rings is 1. The molecule has 5 nitrogen and oxygen atoms in total. The number of carbonyl (C=O) groups is 2. The number of thioether (sulfide) groups is 1. The molecule has 0 aliphatic rings. The number of rotatable bonds is 6. The fourth-order valence-electron chi connectivity index (χ4n) is 1.35. The predicted molar refractivity (Wildman–Crippen MR) is 77.1 cm³/mol. The summed E-state index contributed by atoms with van der Waals surface area (Å²) in [6.45, 7) is 5.23. The molecule has 0 bridgehead atoms. The van der Waals surface area contributed by atoms with E-state index in [4.69, 9.17) is 11.6 Å². The molecule has 1 aromatic rings. The predicted octanol–water partition coefficient (Wildman–Crippen LogP) is 2.54. The fourth-order valence-corrected chi connectivity index (χ4v) is 3.59. The summed E-state index contributed by atoms with van der Waals surface area (Å²) in [7, 11) is 1.29. The third-order valence-electron chi connectivity index (χ3n) is 2.37. The lowest BCUT2D eigenvalue weighted by molar-refractivity contribution is -0.127. The van der Waals surface area contributed by atoms with E-state index in [2.05, 4.69) is 9.72 Å². The van der Waals surface area contributed by atoms with Gasteiger partial charge in [0, 0.05) is 13.1 Å². The molecule has 1 amide bonds. The SMILES string of the molecule is CCN(CC)C(=O)CSc1nc(Cl)c(C(=O)OC)s1. The lowest BCUT2D eigenvalue weighted by Crippen LogP contribution is -2.31. The molecule has 106 valence electrons. The number of methoxy groups -OCH3 is 1. The molecule has 0 aliphatic heterocycles. The third kappa shape index (κ3) is 4.36. The maximum Gasteiger partial charge on any atom is 0.351 e. The number of ether oxygens (including phenoxy) is 1. The highest BCUT2D eigenvalue weighted by molar-refractivity contribution is 8.01. The molecule has 1 aromatic heterocycles. The van der Waals surface area contributed by atoms with Gasteiger partial charge in [0.15, 0.2) is 14.4 Å². The Morgan fingerprint density at radius 1 is 1.42 bits per heavy atom. The number of aromatic nitrogens is 1. The van der Waals surface area contributed by atoms with E-state index in [1.807, 2.05) is 13.8 Å². The van der Waals surface area contributed by atoms with Gasteiger partial charge in [0.25, 0.3) is 0 Å². The first-order valence-corrected chi connectivity index (χ1v) is 7.86. The van der Waals surface area contributed by atoms with E-state index < -0.39 is 5.97 Å². The number of halogens is 1. The fraction of sp³-hybridized carbons (Fsp3) is 0.545. The number of carbonyl (C=O) groups excluding carboxylic acids is 2. The van der Waals surface area contributed by atoms with Gasteiger partial charge < -0.3 is 9.64 Å². The average molecular weight is 323 g/mol. The second kappa shape index (κ2) is 7.72. The molecule has 8 heteroatoms. The minimum Gasteiger partial charge on any atom is -0.465 e. The summed E-state index contributed by atoms with van der Waals surface area (Å²) in [6.07, 6.45) is 0. The Morgan fingerprint density at radius 2 is 2.05 bits per heavy atom. The van der Waals surface area contributed by atoms with Gasteiger partial charge in [-0.25, -0.2) is 9.78 Å². The lowest BCUT2D eigenvalue weighted by Gasteiger charge is -2.17. The molecule has 0 aromatic carbocycles. The average Bonchev–Trinajstić information content (AvgIpc) is 2.78. The lowest BCUT2D eigenvalue weighted by atomic mass is 10.5. The van der Waals surface area contributed by atoms with Crippen molar-refractivity contribution < 1.29 is 14.3 Å². The van der Waals surface area contributed by atoms with Crippen LogP contribution in [0.4, 0.5) is 0 Å². The zero-order valence-corrected chi connectivity index (χ0v) is 13.3. The number of nitrogens with zero attached hydrogens (tertiary/aromatic N) is 2. The van der Waals surface area contributed by atoms with Gasteiger partial charge in [-0.15, -0.1) is 0 Å². The topological polar surface area (TPSA) is 59.5 Å². The van der Waals surface area contributed by atoms with Crippen molar-refractivity contribution in [1.29, 1.82) is 0 Å². The van der Waals surface area contributed by atoms with E-state index >= 15 is 0 Å². The van der Waals surface area contributed by atoms with Gasteiger partial charge in [0.05, 0.1) is 12.9 Å². The molecule has 1 heterocycles. The van der Waals surface area contributed by atoms with Gasteiger partial charge in [0.1, 0.15) is 0 Å². The Bertz CT molecular complexity index is 461. The van der Waals surface area contributed by atoms with E-state index in [1.54, 1.807) is 4.90 Å². The number of hydrogen-bond donors (Lipinski definition) is 0. The van der Waals surface area contributed by atoms with Gasteiger partial charge in [0.2, 0.25) is 5.91 Å². The van der Waals surface area contributed by atoms with Crippen LogP contribution in [0.1, 0.15) is 23.5 Å². The molecule has 0 unspecified atom stereocenters. The van der Waals surface area contributed by atoms with Crippen LogP contribution in [0.2, 0.25) is 5.15 Å². The molecular formula is C11H15ClN2O3S2. The monoisotopic (exact) mass is 322 g/mol. The van der Waals surface area contributed by atoms with Crippen molar-refractivity contribution in [2.75, 3.05) is 26.0 Å². The zero-order chi connectivity index (χ0) is 14.4.